The van der Waals surface area contributed by atoms with Gasteiger partial charge >= 0.3 is 0 Å². The van der Waals surface area contributed by atoms with Crippen LogP contribution in [-0.2, 0) is 13.1 Å². The molecule has 0 aliphatic heterocycles. The van der Waals surface area contributed by atoms with Crippen molar-refractivity contribution in [2.75, 3.05) is 0 Å². The summed E-state index contributed by atoms with van der Waals surface area (Å²) >= 11 is 0. The van der Waals surface area contributed by atoms with Crippen LogP contribution in [0.25, 0.3) is 10.9 Å². The average molecular weight is 265 g/mol. The van der Waals surface area contributed by atoms with Crippen LogP contribution in [0.15, 0.2) is 59.7 Å². The van der Waals surface area contributed by atoms with Crippen LogP contribution < -0.4 is 11.3 Å². The summed E-state index contributed by atoms with van der Waals surface area (Å²) in [6.45, 7) is 1.00. The summed E-state index contributed by atoms with van der Waals surface area (Å²) in [4.78, 5) is 16.7. The van der Waals surface area contributed by atoms with Crippen LogP contribution in [0, 0.1) is 0 Å². The Morgan fingerprint density at radius 3 is 2.70 bits per heavy atom. The fraction of sp³-hybridized carbons (Fsp3) is 0.125. The van der Waals surface area contributed by atoms with E-state index in [1.54, 1.807) is 17.0 Å². The van der Waals surface area contributed by atoms with Crippen molar-refractivity contribution in [3.8, 4) is 0 Å². The molecule has 0 aliphatic carbocycles. The van der Waals surface area contributed by atoms with Crippen molar-refractivity contribution in [2.45, 2.75) is 13.1 Å². The van der Waals surface area contributed by atoms with Gasteiger partial charge in [-0.05, 0) is 23.3 Å². The number of nitrogens with two attached hydrogens (primary N) is 1. The molecule has 0 aliphatic rings. The first kappa shape index (κ1) is 12.6. The van der Waals surface area contributed by atoms with E-state index in [9.17, 15) is 4.79 Å². The van der Waals surface area contributed by atoms with E-state index in [-0.39, 0.29) is 5.56 Å². The molecule has 0 unspecified atom stereocenters. The summed E-state index contributed by atoms with van der Waals surface area (Å²) in [5.74, 6) is 0. The van der Waals surface area contributed by atoms with Gasteiger partial charge in [0.05, 0.1) is 23.8 Å². The maximum Gasteiger partial charge on any atom is 0.261 e. The number of fused-ring (bicyclic) bond motifs is 1. The quantitative estimate of drug-likeness (QED) is 0.786. The summed E-state index contributed by atoms with van der Waals surface area (Å²) in [6.07, 6.45) is 1.60. The third-order valence-corrected chi connectivity index (χ3v) is 3.31. The second-order valence-electron chi connectivity index (χ2n) is 4.72. The molecule has 0 saturated heterocycles. The Kier molecular flexibility index (Phi) is 3.31. The SMILES string of the molecule is NCc1cccc(Cn2cnc3ccccc3c2=O)c1. The third kappa shape index (κ3) is 2.33. The normalized spacial score (nSPS) is 10.8. The summed E-state index contributed by atoms with van der Waals surface area (Å²) in [7, 11) is 0. The summed E-state index contributed by atoms with van der Waals surface area (Å²) < 4.78 is 1.62. The van der Waals surface area contributed by atoms with E-state index in [0.29, 0.717) is 18.5 Å². The smallest absolute Gasteiger partial charge is 0.261 e. The average Bonchev–Trinajstić information content (AvgIpc) is 2.50. The first-order valence-corrected chi connectivity index (χ1v) is 6.50. The number of rotatable bonds is 3. The molecular weight excluding hydrogens is 250 g/mol. The largest absolute Gasteiger partial charge is 0.326 e. The number of benzene rings is 2. The zero-order valence-electron chi connectivity index (χ0n) is 11.0. The molecule has 4 nitrogen and oxygen atoms in total. The molecule has 0 atom stereocenters. The minimum Gasteiger partial charge on any atom is -0.326 e. The molecule has 100 valence electrons. The van der Waals surface area contributed by atoms with Gasteiger partial charge in [-0.1, -0.05) is 36.4 Å². The lowest BCUT2D eigenvalue weighted by molar-refractivity contribution is 0.747. The van der Waals surface area contributed by atoms with Crippen LogP contribution in [0.3, 0.4) is 0 Å². The topological polar surface area (TPSA) is 60.9 Å². The maximum atomic E-state index is 12.4. The zero-order chi connectivity index (χ0) is 13.9. The highest BCUT2D eigenvalue weighted by molar-refractivity contribution is 5.76. The van der Waals surface area contributed by atoms with Crippen LogP contribution in [-0.4, -0.2) is 9.55 Å². The molecule has 3 rings (SSSR count). The third-order valence-electron chi connectivity index (χ3n) is 3.31. The maximum absolute atomic E-state index is 12.4. The Morgan fingerprint density at radius 1 is 1.05 bits per heavy atom. The molecule has 0 spiro atoms. The molecule has 1 aromatic heterocycles. The first-order chi connectivity index (χ1) is 9.78. The van der Waals surface area contributed by atoms with Crippen molar-refractivity contribution in [3.05, 3.63) is 76.3 Å². The van der Waals surface area contributed by atoms with Gasteiger partial charge in [-0.3, -0.25) is 9.36 Å². The van der Waals surface area contributed by atoms with Gasteiger partial charge in [0.1, 0.15) is 0 Å². The Hall–Kier alpha value is -2.46. The monoisotopic (exact) mass is 265 g/mol. The molecule has 0 fully saturated rings. The molecule has 0 amide bonds. The summed E-state index contributed by atoms with van der Waals surface area (Å²) in [5, 5.41) is 0.643. The lowest BCUT2D eigenvalue weighted by Gasteiger charge is -2.08. The molecular formula is C16H15N3O. The highest BCUT2D eigenvalue weighted by Gasteiger charge is 2.04. The molecule has 0 bridgehead atoms. The molecule has 4 heteroatoms. The first-order valence-electron chi connectivity index (χ1n) is 6.50. The van der Waals surface area contributed by atoms with Gasteiger partial charge in [-0.25, -0.2) is 4.98 Å². The van der Waals surface area contributed by atoms with Crippen LogP contribution >= 0.6 is 0 Å². The molecule has 0 saturated carbocycles. The highest BCUT2D eigenvalue weighted by atomic mass is 16.1. The van der Waals surface area contributed by atoms with Gasteiger partial charge in [-0.2, -0.15) is 0 Å². The molecule has 2 N–H and O–H groups in total. The van der Waals surface area contributed by atoms with Gasteiger partial charge in [0, 0.05) is 6.54 Å². The second-order valence-corrected chi connectivity index (χ2v) is 4.72. The van der Waals surface area contributed by atoms with Crippen LogP contribution in [0.1, 0.15) is 11.1 Å². The minimum absolute atomic E-state index is 0.0197. The number of hydrogen-bond donors (Lipinski definition) is 1. The van der Waals surface area contributed by atoms with Gasteiger partial charge in [0.15, 0.2) is 0 Å². The van der Waals surface area contributed by atoms with Gasteiger partial charge in [0.25, 0.3) is 5.56 Å². The Bertz CT molecular complexity index is 808. The van der Waals surface area contributed by atoms with E-state index in [1.807, 2.05) is 42.5 Å². The van der Waals surface area contributed by atoms with Crippen LogP contribution in [0.4, 0.5) is 0 Å². The lowest BCUT2D eigenvalue weighted by Crippen LogP contribution is -2.21. The molecule has 1 heterocycles. The van der Waals surface area contributed by atoms with E-state index >= 15 is 0 Å². The van der Waals surface area contributed by atoms with Crippen molar-refractivity contribution in [1.29, 1.82) is 0 Å². The summed E-state index contributed by atoms with van der Waals surface area (Å²) in [6, 6.07) is 15.3. The van der Waals surface area contributed by atoms with Crippen molar-refractivity contribution in [2.24, 2.45) is 5.73 Å². The van der Waals surface area contributed by atoms with Crippen molar-refractivity contribution >= 4 is 10.9 Å². The van der Waals surface area contributed by atoms with Crippen molar-refractivity contribution in [1.82, 2.24) is 9.55 Å². The van der Waals surface area contributed by atoms with Crippen LogP contribution in [0.2, 0.25) is 0 Å². The van der Waals surface area contributed by atoms with Gasteiger partial charge < -0.3 is 5.73 Å². The number of hydrogen-bond acceptors (Lipinski definition) is 3. The molecule has 0 radical (unpaired) electrons. The zero-order valence-corrected chi connectivity index (χ0v) is 11.0. The lowest BCUT2D eigenvalue weighted by atomic mass is 10.1. The van der Waals surface area contributed by atoms with Crippen molar-refractivity contribution < 1.29 is 0 Å². The van der Waals surface area contributed by atoms with Gasteiger partial charge in [-0.15, -0.1) is 0 Å². The summed E-state index contributed by atoms with van der Waals surface area (Å²) in [5.41, 5.74) is 8.45. The van der Waals surface area contributed by atoms with Gasteiger partial charge in [0.2, 0.25) is 0 Å². The molecule has 2 aromatic carbocycles. The predicted octanol–water partition coefficient (Wildman–Crippen LogP) is 1.90. The number of para-hydroxylation sites is 1. The van der Waals surface area contributed by atoms with E-state index < -0.39 is 0 Å². The fourth-order valence-electron chi connectivity index (χ4n) is 2.27. The van der Waals surface area contributed by atoms with Crippen molar-refractivity contribution in [3.63, 3.8) is 0 Å². The minimum atomic E-state index is -0.0197. The Labute approximate surface area is 116 Å². The Balaban J connectivity index is 2.02. The fourth-order valence-corrected chi connectivity index (χ4v) is 2.27. The van der Waals surface area contributed by atoms with E-state index in [2.05, 4.69) is 4.98 Å². The molecule has 20 heavy (non-hydrogen) atoms. The predicted molar refractivity (Wildman–Crippen MR) is 79.4 cm³/mol. The molecule has 3 aromatic rings. The standard InChI is InChI=1S/C16H15N3O/c17-9-12-4-3-5-13(8-12)10-19-11-18-15-7-2-1-6-14(15)16(19)20/h1-8,11H,9-10,17H2. The van der Waals surface area contributed by atoms with E-state index in [0.717, 1.165) is 16.6 Å². The number of aromatic nitrogens is 2. The van der Waals surface area contributed by atoms with Crippen LogP contribution in [0.5, 0.6) is 0 Å². The second kappa shape index (κ2) is 5.27. The van der Waals surface area contributed by atoms with E-state index in [4.69, 9.17) is 5.73 Å². The number of nitrogens with zero attached hydrogens (tertiary/aromatic N) is 2. The highest BCUT2D eigenvalue weighted by Crippen LogP contribution is 2.08. The Morgan fingerprint density at radius 2 is 1.85 bits per heavy atom. The van der Waals surface area contributed by atoms with E-state index in [1.165, 1.54) is 0 Å².